The molecule has 136 valence electrons. The Labute approximate surface area is 163 Å². The van der Waals surface area contributed by atoms with Crippen LogP contribution in [-0.2, 0) is 0 Å². The number of aromatic nitrogens is 5. The van der Waals surface area contributed by atoms with Gasteiger partial charge in [-0.2, -0.15) is 9.36 Å². The summed E-state index contributed by atoms with van der Waals surface area (Å²) in [5, 5.41) is 12.0. The van der Waals surface area contributed by atoms with Gasteiger partial charge in [0.25, 0.3) is 5.91 Å². The van der Waals surface area contributed by atoms with Crippen LogP contribution < -0.4 is 5.32 Å². The van der Waals surface area contributed by atoms with Crippen molar-refractivity contribution in [1.29, 1.82) is 0 Å². The average molecular weight is 401 g/mol. The molecule has 0 aliphatic heterocycles. The lowest BCUT2D eigenvalue weighted by Gasteiger charge is -2.05. The fourth-order valence-corrected chi connectivity index (χ4v) is 3.17. The van der Waals surface area contributed by atoms with E-state index in [4.69, 9.17) is 16.0 Å². The van der Waals surface area contributed by atoms with Crippen molar-refractivity contribution >= 4 is 34.2 Å². The molecule has 27 heavy (non-hydrogen) atoms. The molecule has 1 aromatic carbocycles. The molecule has 0 saturated carbocycles. The van der Waals surface area contributed by atoms with E-state index in [0.717, 1.165) is 28.5 Å². The molecular weight excluding hydrogens is 388 g/mol. The van der Waals surface area contributed by atoms with Gasteiger partial charge in [0.05, 0.1) is 17.6 Å². The molecule has 0 atom stereocenters. The predicted molar refractivity (Wildman–Crippen MR) is 101 cm³/mol. The van der Waals surface area contributed by atoms with E-state index in [9.17, 15) is 4.79 Å². The average Bonchev–Trinajstić information content (AvgIpc) is 3.38. The first-order valence-corrected chi connectivity index (χ1v) is 9.06. The summed E-state index contributed by atoms with van der Waals surface area (Å²) < 4.78 is 11.0. The van der Waals surface area contributed by atoms with Crippen molar-refractivity contribution in [3.63, 3.8) is 0 Å². The lowest BCUT2D eigenvalue weighted by molar-refractivity contribution is 0.0996. The van der Waals surface area contributed by atoms with Gasteiger partial charge < -0.3 is 4.42 Å². The van der Waals surface area contributed by atoms with Gasteiger partial charge in [0.1, 0.15) is 0 Å². The van der Waals surface area contributed by atoms with Crippen LogP contribution in [0.5, 0.6) is 0 Å². The van der Waals surface area contributed by atoms with Crippen LogP contribution in [0.3, 0.4) is 0 Å². The Kier molecular flexibility index (Phi) is 4.46. The predicted octanol–water partition coefficient (Wildman–Crippen LogP) is 3.90. The van der Waals surface area contributed by atoms with Crippen molar-refractivity contribution in [2.24, 2.45) is 0 Å². The highest BCUT2D eigenvalue weighted by Gasteiger charge is 2.18. The van der Waals surface area contributed by atoms with E-state index in [-0.39, 0.29) is 5.76 Å². The quantitative estimate of drug-likeness (QED) is 0.557. The molecule has 0 bridgehead atoms. The fraction of sp³-hybridized carbons (Fsp3) is 0.118. The van der Waals surface area contributed by atoms with Gasteiger partial charge in [-0.3, -0.25) is 10.1 Å². The van der Waals surface area contributed by atoms with Crippen LogP contribution in [0.15, 0.2) is 41.0 Å². The Balaban J connectivity index is 1.60. The smallest absolute Gasteiger partial charge is 0.293 e. The van der Waals surface area contributed by atoms with Crippen LogP contribution >= 0.6 is 23.1 Å². The largest absolute Gasteiger partial charge is 0.459 e. The van der Waals surface area contributed by atoms with Crippen LogP contribution in [-0.4, -0.2) is 30.3 Å². The fourth-order valence-electron chi connectivity index (χ4n) is 2.43. The second-order valence-electron chi connectivity index (χ2n) is 5.72. The normalized spacial score (nSPS) is 10.9. The molecule has 1 amide bonds. The number of aryl methyl sites for hydroxylation is 1. The summed E-state index contributed by atoms with van der Waals surface area (Å²) in [6, 6.07) is 8.86. The summed E-state index contributed by atoms with van der Waals surface area (Å²) in [6.07, 6.45) is 1.43. The molecule has 0 aliphatic carbocycles. The van der Waals surface area contributed by atoms with Crippen molar-refractivity contribution in [3.8, 4) is 17.2 Å². The van der Waals surface area contributed by atoms with Gasteiger partial charge in [-0.25, -0.2) is 4.68 Å². The molecule has 4 rings (SSSR count). The number of nitrogens with zero attached hydrogens (tertiary/aromatic N) is 5. The molecule has 0 unspecified atom stereocenters. The second-order valence-corrected chi connectivity index (χ2v) is 6.88. The van der Waals surface area contributed by atoms with E-state index >= 15 is 0 Å². The van der Waals surface area contributed by atoms with E-state index in [1.54, 1.807) is 16.8 Å². The Bertz CT molecular complexity index is 1120. The summed E-state index contributed by atoms with van der Waals surface area (Å²) in [6.45, 7) is 3.80. The summed E-state index contributed by atoms with van der Waals surface area (Å²) in [5.74, 6) is 0.194. The third kappa shape index (κ3) is 3.34. The minimum Gasteiger partial charge on any atom is -0.459 e. The zero-order chi connectivity index (χ0) is 19.0. The highest BCUT2D eigenvalue weighted by molar-refractivity contribution is 7.10. The third-order valence-electron chi connectivity index (χ3n) is 3.90. The van der Waals surface area contributed by atoms with Crippen LogP contribution in [0.1, 0.15) is 21.8 Å². The maximum Gasteiger partial charge on any atom is 0.293 e. The van der Waals surface area contributed by atoms with E-state index in [1.807, 2.05) is 32.0 Å². The highest BCUT2D eigenvalue weighted by atomic mass is 35.5. The molecule has 0 radical (unpaired) electrons. The number of benzene rings is 1. The number of furan rings is 1. The number of rotatable bonds is 4. The van der Waals surface area contributed by atoms with Crippen molar-refractivity contribution < 1.29 is 9.21 Å². The van der Waals surface area contributed by atoms with Crippen LogP contribution in [0.2, 0.25) is 5.02 Å². The zero-order valence-corrected chi connectivity index (χ0v) is 15.9. The number of carbonyl (C=O) groups excluding carboxylic acids is 1. The zero-order valence-electron chi connectivity index (χ0n) is 14.3. The molecule has 3 aromatic heterocycles. The first-order valence-electron chi connectivity index (χ1n) is 7.90. The molecule has 1 N–H and O–H groups in total. The van der Waals surface area contributed by atoms with Gasteiger partial charge in [0, 0.05) is 16.6 Å². The first-order chi connectivity index (χ1) is 13.0. The van der Waals surface area contributed by atoms with Crippen molar-refractivity contribution in [1.82, 2.24) is 24.4 Å². The van der Waals surface area contributed by atoms with Crippen LogP contribution in [0.4, 0.5) is 5.13 Å². The molecule has 0 aliphatic rings. The number of nitrogens with one attached hydrogen (secondary N) is 1. The minimum atomic E-state index is -0.391. The van der Waals surface area contributed by atoms with Gasteiger partial charge in [0.15, 0.2) is 17.3 Å². The van der Waals surface area contributed by atoms with Gasteiger partial charge >= 0.3 is 0 Å². The molecule has 8 nitrogen and oxygen atoms in total. The number of anilines is 1. The molecule has 0 spiro atoms. The van der Waals surface area contributed by atoms with Crippen molar-refractivity contribution in [3.05, 3.63) is 58.6 Å². The highest BCUT2D eigenvalue weighted by Crippen LogP contribution is 2.25. The number of hydrogen-bond donors (Lipinski definition) is 1. The molecule has 3 heterocycles. The summed E-state index contributed by atoms with van der Waals surface area (Å²) in [4.78, 5) is 16.3. The maximum absolute atomic E-state index is 12.0. The van der Waals surface area contributed by atoms with E-state index in [1.165, 1.54) is 6.26 Å². The van der Waals surface area contributed by atoms with Gasteiger partial charge in [-0.1, -0.05) is 22.9 Å². The lowest BCUT2D eigenvalue weighted by atomic mass is 10.2. The molecular formula is C17H13ClN6O2S. The number of amides is 1. The Morgan fingerprint density at radius 2 is 2.15 bits per heavy atom. The Morgan fingerprint density at radius 1 is 1.30 bits per heavy atom. The Hall–Kier alpha value is -3.04. The second kappa shape index (κ2) is 6.93. The number of hydrogen-bond acceptors (Lipinski definition) is 7. The standard InChI is InChI=1S/C17H13ClN6O2S/c1-9-5-6-11(8-12(9)18)24-10(2)14(21-23-24)15-19-17(27-22-15)20-16(25)13-4-3-7-26-13/h3-8H,1-2H3,(H,19,20,22,25). The van der Waals surface area contributed by atoms with E-state index < -0.39 is 5.91 Å². The summed E-state index contributed by atoms with van der Waals surface area (Å²) in [5.41, 5.74) is 3.07. The maximum atomic E-state index is 12.0. The van der Waals surface area contributed by atoms with Gasteiger partial charge in [-0.15, -0.1) is 5.10 Å². The molecule has 0 saturated heterocycles. The van der Waals surface area contributed by atoms with Crippen molar-refractivity contribution in [2.45, 2.75) is 13.8 Å². The third-order valence-corrected chi connectivity index (χ3v) is 4.94. The van der Waals surface area contributed by atoms with Crippen molar-refractivity contribution in [2.75, 3.05) is 5.32 Å². The monoisotopic (exact) mass is 400 g/mol. The van der Waals surface area contributed by atoms with E-state index in [2.05, 4.69) is 25.0 Å². The molecule has 4 aromatic rings. The van der Waals surface area contributed by atoms with Gasteiger partial charge in [-0.05, 0) is 43.7 Å². The van der Waals surface area contributed by atoms with Gasteiger partial charge in [0.2, 0.25) is 5.13 Å². The van der Waals surface area contributed by atoms with Crippen LogP contribution in [0.25, 0.3) is 17.2 Å². The summed E-state index contributed by atoms with van der Waals surface area (Å²) in [7, 11) is 0. The number of halogens is 1. The lowest BCUT2D eigenvalue weighted by Crippen LogP contribution is -2.10. The van der Waals surface area contributed by atoms with E-state index in [0.29, 0.717) is 21.7 Å². The minimum absolute atomic E-state index is 0.199. The SMILES string of the molecule is Cc1ccc(-n2nnc(-c3nsc(NC(=O)c4ccco4)n3)c2C)cc1Cl. The number of carbonyl (C=O) groups is 1. The first kappa shape index (κ1) is 17.4. The van der Waals surface area contributed by atoms with Crippen LogP contribution in [0, 0.1) is 13.8 Å². The topological polar surface area (TPSA) is 98.7 Å². The molecule has 10 heteroatoms. The summed E-state index contributed by atoms with van der Waals surface area (Å²) >= 11 is 7.26. The Morgan fingerprint density at radius 3 is 2.89 bits per heavy atom. The molecule has 0 fully saturated rings.